The molecule has 0 radical (unpaired) electrons. The quantitative estimate of drug-likeness (QED) is 0.544. The number of esters is 2. The van der Waals surface area contributed by atoms with E-state index in [4.69, 9.17) is 9.47 Å². The predicted octanol–water partition coefficient (Wildman–Crippen LogP) is 3.04. The van der Waals surface area contributed by atoms with E-state index in [1.54, 1.807) is 13.8 Å². The van der Waals surface area contributed by atoms with Crippen molar-refractivity contribution in [1.82, 2.24) is 19.6 Å². The number of carbonyl (C=O) groups is 3. The van der Waals surface area contributed by atoms with Gasteiger partial charge in [0.15, 0.2) is 6.61 Å². The number of amides is 1. The summed E-state index contributed by atoms with van der Waals surface area (Å²) in [6, 6.07) is 1.81. The number of nitrogens with zero attached hydrogens (tertiary/aromatic N) is 4. The highest BCUT2D eigenvalue weighted by atomic mass is 32.1. The molecular formula is C22H25N5O5S. The Labute approximate surface area is 194 Å². The van der Waals surface area contributed by atoms with Crippen molar-refractivity contribution in [1.29, 1.82) is 0 Å². The molecule has 3 aromatic heterocycles. The topological polar surface area (TPSA) is 125 Å². The average molecular weight is 472 g/mol. The molecule has 0 saturated heterocycles. The maximum Gasteiger partial charge on any atom is 0.378 e. The summed E-state index contributed by atoms with van der Waals surface area (Å²) < 4.78 is 11.9. The zero-order valence-corrected chi connectivity index (χ0v) is 19.7. The lowest BCUT2D eigenvalue weighted by atomic mass is 9.95. The minimum atomic E-state index is -0.836. The van der Waals surface area contributed by atoms with Gasteiger partial charge in [-0.05, 0) is 65.0 Å². The monoisotopic (exact) mass is 471 g/mol. The van der Waals surface area contributed by atoms with Crippen LogP contribution in [-0.2, 0) is 27.1 Å². The van der Waals surface area contributed by atoms with Gasteiger partial charge < -0.3 is 14.8 Å². The Kier molecular flexibility index (Phi) is 6.41. The predicted molar refractivity (Wildman–Crippen MR) is 121 cm³/mol. The van der Waals surface area contributed by atoms with E-state index in [-0.39, 0.29) is 17.7 Å². The van der Waals surface area contributed by atoms with Gasteiger partial charge in [-0.25, -0.2) is 19.1 Å². The summed E-state index contributed by atoms with van der Waals surface area (Å²) in [5.41, 5.74) is 2.86. The zero-order chi connectivity index (χ0) is 23.7. The van der Waals surface area contributed by atoms with Gasteiger partial charge in [0.25, 0.3) is 17.5 Å². The Bertz CT molecular complexity index is 1250. The number of hydrogen-bond donors (Lipinski definition) is 1. The van der Waals surface area contributed by atoms with E-state index in [0.29, 0.717) is 10.6 Å². The first kappa shape index (κ1) is 22.8. The Morgan fingerprint density at radius 1 is 1.15 bits per heavy atom. The van der Waals surface area contributed by atoms with Crippen molar-refractivity contribution in [2.24, 2.45) is 0 Å². The van der Waals surface area contributed by atoms with Crippen molar-refractivity contribution < 1.29 is 23.9 Å². The van der Waals surface area contributed by atoms with Gasteiger partial charge in [-0.15, -0.1) is 16.4 Å². The molecule has 3 heterocycles. The van der Waals surface area contributed by atoms with E-state index in [2.05, 4.69) is 20.4 Å². The number of ether oxygens (including phenoxy) is 2. The first-order valence-corrected chi connectivity index (χ1v) is 11.6. The molecule has 1 N–H and O–H groups in total. The number of hydrogen-bond acceptors (Lipinski definition) is 9. The summed E-state index contributed by atoms with van der Waals surface area (Å²) in [7, 11) is 0. The van der Waals surface area contributed by atoms with Crippen LogP contribution in [0.3, 0.4) is 0 Å². The van der Waals surface area contributed by atoms with E-state index >= 15 is 0 Å². The number of anilines is 1. The van der Waals surface area contributed by atoms with Gasteiger partial charge in [0.05, 0.1) is 11.7 Å². The summed E-state index contributed by atoms with van der Waals surface area (Å²) in [5, 5.41) is 7.24. The molecule has 0 aromatic carbocycles. The molecular weight excluding hydrogens is 446 g/mol. The van der Waals surface area contributed by atoms with Crippen LogP contribution in [0.15, 0.2) is 6.07 Å². The second-order valence-corrected chi connectivity index (χ2v) is 9.28. The van der Waals surface area contributed by atoms with Crippen molar-refractivity contribution in [2.75, 3.05) is 11.9 Å². The third-order valence-electron chi connectivity index (χ3n) is 5.11. The summed E-state index contributed by atoms with van der Waals surface area (Å²) in [6.07, 6.45) is 3.37. The average Bonchev–Trinajstić information content (AvgIpc) is 3.32. The maximum atomic E-state index is 12.7. The van der Waals surface area contributed by atoms with E-state index in [0.717, 1.165) is 47.5 Å². The van der Waals surface area contributed by atoms with Crippen LogP contribution >= 0.6 is 11.3 Å². The van der Waals surface area contributed by atoms with Crippen LogP contribution in [0.4, 0.5) is 5.00 Å². The summed E-state index contributed by atoms with van der Waals surface area (Å²) in [6.45, 7) is 6.65. The van der Waals surface area contributed by atoms with Gasteiger partial charge in [0.1, 0.15) is 5.00 Å². The maximum absolute atomic E-state index is 12.7. The second kappa shape index (κ2) is 9.26. The number of nitrogens with one attached hydrogen (secondary N) is 1. The first-order valence-electron chi connectivity index (χ1n) is 10.8. The minimum Gasteiger partial charge on any atom is -0.459 e. The highest BCUT2D eigenvalue weighted by Gasteiger charge is 2.28. The molecule has 0 unspecified atom stereocenters. The Hall–Kier alpha value is -3.34. The van der Waals surface area contributed by atoms with Gasteiger partial charge in [0, 0.05) is 16.3 Å². The molecule has 174 valence electrons. The fourth-order valence-electron chi connectivity index (χ4n) is 3.75. The van der Waals surface area contributed by atoms with Crippen molar-refractivity contribution in [2.45, 2.75) is 59.5 Å². The van der Waals surface area contributed by atoms with Crippen LogP contribution < -0.4 is 5.32 Å². The lowest BCUT2D eigenvalue weighted by molar-refractivity contribution is -0.119. The normalized spacial score (nSPS) is 13.1. The van der Waals surface area contributed by atoms with Crippen molar-refractivity contribution in [3.05, 3.63) is 39.3 Å². The van der Waals surface area contributed by atoms with Crippen molar-refractivity contribution >= 4 is 40.0 Å². The molecule has 0 bridgehead atoms. The van der Waals surface area contributed by atoms with Crippen LogP contribution in [0.1, 0.15) is 69.5 Å². The SMILES string of the molecule is Cc1cc(C)n2nc(C(=O)OCC(=O)Nc3sc4c(c3C(=O)OC(C)C)CCCC4)nc2n1. The standard InChI is InChI=1S/C22H25N5O5S/c1-11(2)32-20(29)17-14-7-5-6-8-15(14)33-19(17)24-16(28)10-31-21(30)18-25-22-23-12(3)9-13(4)27(22)26-18/h9,11H,5-8,10H2,1-4H3,(H,24,28). The minimum absolute atomic E-state index is 0.184. The van der Waals surface area contributed by atoms with Crippen molar-refractivity contribution in [3.63, 3.8) is 0 Å². The van der Waals surface area contributed by atoms with Gasteiger partial charge in [-0.2, -0.15) is 4.98 Å². The molecule has 0 fully saturated rings. The number of aromatic nitrogens is 4. The molecule has 0 saturated carbocycles. The highest BCUT2D eigenvalue weighted by molar-refractivity contribution is 7.17. The molecule has 33 heavy (non-hydrogen) atoms. The molecule has 1 aliphatic carbocycles. The van der Waals surface area contributed by atoms with Gasteiger partial charge in [-0.3, -0.25) is 4.79 Å². The van der Waals surface area contributed by atoms with Crippen molar-refractivity contribution in [3.8, 4) is 0 Å². The third-order valence-corrected chi connectivity index (χ3v) is 6.31. The lowest BCUT2D eigenvalue weighted by Crippen LogP contribution is -2.23. The second-order valence-electron chi connectivity index (χ2n) is 8.18. The van der Waals surface area contributed by atoms with E-state index < -0.39 is 24.5 Å². The Morgan fingerprint density at radius 3 is 2.67 bits per heavy atom. The molecule has 10 nitrogen and oxygen atoms in total. The summed E-state index contributed by atoms with van der Waals surface area (Å²) >= 11 is 1.37. The van der Waals surface area contributed by atoms with Gasteiger partial charge in [-0.1, -0.05) is 0 Å². The molecule has 3 aromatic rings. The van der Waals surface area contributed by atoms with E-state index in [9.17, 15) is 14.4 Å². The van der Waals surface area contributed by atoms with Crippen LogP contribution in [0.5, 0.6) is 0 Å². The zero-order valence-electron chi connectivity index (χ0n) is 18.9. The largest absolute Gasteiger partial charge is 0.459 e. The Balaban J connectivity index is 1.46. The Morgan fingerprint density at radius 2 is 1.91 bits per heavy atom. The summed E-state index contributed by atoms with van der Waals surface area (Å²) in [4.78, 5) is 47.0. The fraction of sp³-hybridized carbons (Fsp3) is 0.455. The molecule has 4 rings (SSSR count). The van der Waals surface area contributed by atoms with Crippen LogP contribution in [0, 0.1) is 13.8 Å². The fourth-order valence-corrected chi connectivity index (χ4v) is 5.05. The third kappa shape index (κ3) is 4.87. The van der Waals surface area contributed by atoms with Crippen LogP contribution in [0.25, 0.3) is 5.78 Å². The van der Waals surface area contributed by atoms with Crippen LogP contribution in [0.2, 0.25) is 0 Å². The van der Waals surface area contributed by atoms with Gasteiger partial charge in [0.2, 0.25) is 0 Å². The van der Waals surface area contributed by atoms with E-state index in [1.807, 2.05) is 19.9 Å². The van der Waals surface area contributed by atoms with E-state index in [1.165, 1.54) is 15.9 Å². The lowest BCUT2D eigenvalue weighted by Gasteiger charge is -2.14. The molecule has 1 amide bonds. The smallest absolute Gasteiger partial charge is 0.378 e. The molecule has 0 spiro atoms. The first-order chi connectivity index (χ1) is 15.7. The molecule has 0 aliphatic heterocycles. The van der Waals surface area contributed by atoms with Crippen LogP contribution in [-0.4, -0.2) is 50.1 Å². The summed E-state index contributed by atoms with van der Waals surface area (Å²) in [5.74, 6) is -1.76. The number of carbonyl (C=O) groups excluding carboxylic acids is 3. The number of aryl methyl sites for hydroxylation is 3. The number of rotatable bonds is 6. The molecule has 0 atom stereocenters. The number of thiophene rings is 1. The number of fused-ring (bicyclic) bond motifs is 2. The molecule has 1 aliphatic rings. The van der Waals surface area contributed by atoms with Gasteiger partial charge >= 0.3 is 11.9 Å². The molecule has 11 heteroatoms. The highest BCUT2D eigenvalue weighted by Crippen LogP contribution is 2.38.